The first-order chi connectivity index (χ1) is 10.1. The zero-order valence-electron chi connectivity index (χ0n) is 12.6. The lowest BCUT2D eigenvalue weighted by Crippen LogP contribution is -2.43. The predicted molar refractivity (Wildman–Crippen MR) is 81.0 cm³/mol. The summed E-state index contributed by atoms with van der Waals surface area (Å²) >= 11 is 0. The molecule has 0 aromatic heterocycles. The Bertz CT molecular complexity index is 482. The molecule has 0 N–H and O–H groups in total. The van der Waals surface area contributed by atoms with E-state index in [9.17, 15) is 9.59 Å². The van der Waals surface area contributed by atoms with Crippen LogP contribution in [-0.2, 0) is 14.3 Å². The van der Waals surface area contributed by atoms with Gasteiger partial charge in [0.25, 0.3) is 0 Å². The Morgan fingerprint density at radius 1 is 1.24 bits per heavy atom. The Balaban J connectivity index is 1.83. The van der Waals surface area contributed by atoms with E-state index in [1.165, 1.54) is 7.11 Å². The molecule has 1 heterocycles. The molecule has 1 aromatic carbocycles. The van der Waals surface area contributed by atoms with Crippen LogP contribution < -0.4 is 4.90 Å². The molecule has 114 valence electrons. The number of likely N-dealkylation sites (N-methyl/N-ethyl adjacent to an activating group) is 1. The lowest BCUT2D eigenvalue weighted by molar-refractivity contribution is -0.147. The van der Waals surface area contributed by atoms with Gasteiger partial charge >= 0.3 is 5.97 Å². The van der Waals surface area contributed by atoms with E-state index >= 15 is 0 Å². The van der Waals surface area contributed by atoms with E-state index in [2.05, 4.69) is 4.90 Å². The highest BCUT2D eigenvalue weighted by molar-refractivity contribution is 5.94. The SMILES string of the molecule is COC(=O)C1CCN(CC(=O)N(C)c2ccccc2)CC1. The van der Waals surface area contributed by atoms with Crippen LogP contribution in [0.3, 0.4) is 0 Å². The first kappa shape index (κ1) is 15.5. The van der Waals surface area contributed by atoms with Gasteiger partial charge in [-0.05, 0) is 38.1 Å². The average molecular weight is 290 g/mol. The van der Waals surface area contributed by atoms with Gasteiger partial charge < -0.3 is 9.64 Å². The maximum absolute atomic E-state index is 12.3. The van der Waals surface area contributed by atoms with Crippen LogP contribution in [0.25, 0.3) is 0 Å². The van der Waals surface area contributed by atoms with Crippen molar-refractivity contribution in [3.05, 3.63) is 30.3 Å². The third-order valence-corrected chi connectivity index (χ3v) is 4.00. The number of amides is 1. The summed E-state index contributed by atoms with van der Waals surface area (Å²) in [6.45, 7) is 1.90. The second kappa shape index (κ2) is 7.22. The van der Waals surface area contributed by atoms with E-state index in [1.807, 2.05) is 30.3 Å². The number of likely N-dealkylation sites (tertiary alicyclic amines) is 1. The molecule has 5 nitrogen and oxygen atoms in total. The first-order valence-corrected chi connectivity index (χ1v) is 7.23. The van der Waals surface area contributed by atoms with E-state index in [1.54, 1.807) is 11.9 Å². The molecule has 1 aliphatic rings. The molecular formula is C16H22N2O3. The molecule has 5 heteroatoms. The number of carbonyl (C=O) groups is 2. The molecule has 21 heavy (non-hydrogen) atoms. The van der Waals surface area contributed by atoms with Crippen LogP contribution in [0, 0.1) is 5.92 Å². The summed E-state index contributed by atoms with van der Waals surface area (Å²) in [5.74, 6) is -0.0895. The van der Waals surface area contributed by atoms with Crippen LogP contribution >= 0.6 is 0 Å². The number of carbonyl (C=O) groups excluding carboxylic acids is 2. The number of hydrogen-bond acceptors (Lipinski definition) is 4. The maximum atomic E-state index is 12.3. The van der Waals surface area contributed by atoms with E-state index in [4.69, 9.17) is 4.74 Å². The molecule has 1 aromatic rings. The van der Waals surface area contributed by atoms with E-state index in [0.717, 1.165) is 31.6 Å². The average Bonchev–Trinajstić information content (AvgIpc) is 2.55. The van der Waals surface area contributed by atoms with Crippen LogP contribution in [0.15, 0.2) is 30.3 Å². The minimum atomic E-state index is -0.137. The molecule has 0 atom stereocenters. The Labute approximate surface area is 125 Å². The molecule has 1 aliphatic heterocycles. The van der Waals surface area contributed by atoms with Crippen molar-refractivity contribution in [2.24, 2.45) is 5.92 Å². The van der Waals surface area contributed by atoms with Crippen LogP contribution in [0.5, 0.6) is 0 Å². The fourth-order valence-corrected chi connectivity index (χ4v) is 2.59. The molecule has 0 radical (unpaired) electrons. The quantitative estimate of drug-likeness (QED) is 0.789. The normalized spacial score (nSPS) is 16.5. The molecule has 0 aliphatic carbocycles. The molecule has 1 saturated heterocycles. The van der Waals surface area contributed by atoms with Crippen molar-refractivity contribution < 1.29 is 14.3 Å². The molecule has 0 saturated carbocycles. The van der Waals surface area contributed by atoms with Gasteiger partial charge in [-0.2, -0.15) is 0 Å². The summed E-state index contributed by atoms with van der Waals surface area (Å²) in [6, 6.07) is 9.60. The number of methoxy groups -OCH3 is 1. The lowest BCUT2D eigenvalue weighted by atomic mass is 9.97. The van der Waals surface area contributed by atoms with Gasteiger partial charge in [-0.1, -0.05) is 18.2 Å². The van der Waals surface area contributed by atoms with Gasteiger partial charge in [0, 0.05) is 12.7 Å². The van der Waals surface area contributed by atoms with E-state index < -0.39 is 0 Å². The number of ether oxygens (including phenoxy) is 1. The highest BCUT2D eigenvalue weighted by Crippen LogP contribution is 2.19. The molecule has 0 spiro atoms. The van der Waals surface area contributed by atoms with Gasteiger partial charge in [0.1, 0.15) is 0 Å². The predicted octanol–water partition coefficient (Wildman–Crippen LogP) is 1.53. The van der Waals surface area contributed by atoms with Crippen molar-refractivity contribution in [1.29, 1.82) is 0 Å². The zero-order valence-corrected chi connectivity index (χ0v) is 12.6. The molecule has 1 amide bonds. The van der Waals surface area contributed by atoms with E-state index in [0.29, 0.717) is 6.54 Å². The van der Waals surface area contributed by atoms with E-state index in [-0.39, 0.29) is 17.8 Å². The molecule has 2 rings (SSSR count). The maximum Gasteiger partial charge on any atom is 0.308 e. The summed E-state index contributed by atoms with van der Waals surface area (Å²) in [6.07, 6.45) is 1.52. The second-order valence-corrected chi connectivity index (χ2v) is 5.36. The number of para-hydroxylation sites is 1. The third-order valence-electron chi connectivity index (χ3n) is 4.00. The molecule has 0 unspecified atom stereocenters. The van der Waals surface area contributed by atoms with Crippen molar-refractivity contribution in [2.45, 2.75) is 12.8 Å². The number of rotatable bonds is 4. The Kier molecular flexibility index (Phi) is 5.33. The number of hydrogen-bond donors (Lipinski definition) is 0. The van der Waals surface area contributed by atoms with Crippen molar-refractivity contribution in [3.8, 4) is 0 Å². The standard InChI is InChI=1S/C16H22N2O3/c1-17(14-6-4-3-5-7-14)15(19)12-18-10-8-13(9-11-18)16(20)21-2/h3-7,13H,8-12H2,1-2H3. The van der Waals surface area contributed by atoms with Crippen LogP contribution in [0.1, 0.15) is 12.8 Å². The second-order valence-electron chi connectivity index (χ2n) is 5.36. The molecule has 1 fully saturated rings. The van der Waals surface area contributed by atoms with Crippen molar-refractivity contribution in [1.82, 2.24) is 4.90 Å². The number of anilines is 1. The Hall–Kier alpha value is -1.88. The summed E-state index contributed by atoms with van der Waals surface area (Å²) in [4.78, 5) is 27.5. The number of benzene rings is 1. The minimum absolute atomic E-state index is 0.0202. The van der Waals surface area contributed by atoms with Gasteiger partial charge in [0.15, 0.2) is 0 Å². The third kappa shape index (κ3) is 4.04. The highest BCUT2D eigenvalue weighted by atomic mass is 16.5. The van der Waals surface area contributed by atoms with Gasteiger partial charge in [0.05, 0.1) is 19.6 Å². The fourth-order valence-electron chi connectivity index (χ4n) is 2.59. The number of piperidine rings is 1. The zero-order chi connectivity index (χ0) is 15.2. The van der Waals surface area contributed by atoms with Crippen LogP contribution in [0.4, 0.5) is 5.69 Å². The largest absolute Gasteiger partial charge is 0.469 e. The Morgan fingerprint density at radius 3 is 2.43 bits per heavy atom. The summed E-state index contributed by atoms with van der Waals surface area (Å²) in [5, 5.41) is 0. The van der Waals surface area contributed by atoms with Gasteiger partial charge in [-0.15, -0.1) is 0 Å². The summed E-state index contributed by atoms with van der Waals surface area (Å²) in [7, 11) is 3.21. The summed E-state index contributed by atoms with van der Waals surface area (Å²) < 4.78 is 4.77. The van der Waals surface area contributed by atoms with Crippen LogP contribution in [0.2, 0.25) is 0 Å². The molecule has 0 bridgehead atoms. The van der Waals surface area contributed by atoms with Crippen molar-refractivity contribution in [2.75, 3.05) is 38.7 Å². The van der Waals surface area contributed by atoms with Crippen molar-refractivity contribution in [3.63, 3.8) is 0 Å². The first-order valence-electron chi connectivity index (χ1n) is 7.23. The van der Waals surface area contributed by atoms with Gasteiger partial charge in [-0.3, -0.25) is 14.5 Å². The summed E-state index contributed by atoms with van der Waals surface area (Å²) in [5.41, 5.74) is 0.895. The smallest absolute Gasteiger partial charge is 0.308 e. The monoisotopic (exact) mass is 290 g/mol. The van der Waals surface area contributed by atoms with Gasteiger partial charge in [-0.25, -0.2) is 0 Å². The topological polar surface area (TPSA) is 49.9 Å². The molecular weight excluding hydrogens is 268 g/mol. The minimum Gasteiger partial charge on any atom is -0.469 e. The van der Waals surface area contributed by atoms with Crippen LogP contribution in [-0.4, -0.2) is 50.6 Å². The Morgan fingerprint density at radius 2 is 1.86 bits per heavy atom. The number of esters is 1. The lowest BCUT2D eigenvalue weighted by Gasteiger charge is -2.31. The number of nitrogens with zero attached hydrogens (tertiary/aromatic N) is 2. The highest BCUT2D eigenvalue weighted by Gasteiger charge is 2.27. The fraction of sp³-hybridized carbons (Fsp3) is 0.500. The van der Waals surface area contributed by atoms with Gasteiger partial charge in [0.2, 0.25) is 5.91 Å². The van der Waals surface area contributed by atoms with Crippen molar-refractivity contribution >= 4 is 17.6 Å².